The van der Waals surface area contributed by atoms with E-state index in [2.05, 4.69) is 40.1 Å². The van der Waals surface area contributed by atoms with Gasteiger partial charge in [0.05, 0.1) is 0 Å². The first kappa shape index (κ1) is 14.1. The first-order valence-corrected chi connectivity index (χ1v) is 7.26. The van der Waals surface area contributed by atoms with Crippen LogP contribution < -0.4 is 16.0 Å². The van der Waals surface area contributed by atoms with Gasteiger partial charge in [-0.25, -0.2) is 9.97 Å². The highest BCUT2D eigenvalue weighted by atomic mass is 15.2. The quantitative estimate of drug-likeness (QED) is 0.849. The summed E-state index contributed by atoms with van der Waals surface area (Å²) in [5.74, 6) is 2.62. The van der Waals surface area contributed by atoms with Gasteiger partial charge < -0.3 is 16.0 Å². The molecule has 1 aromatic rings. The highest BCUT2D eigenvalue weighted by Gasteiger charge is 2.19. The molecule has 2 rings (SSSR count). The minimum absolute atomic E-state index is 0.436. The van der Waals surface area contributed by atoms with Gasteiger partial charge in [0.15, 0.2) is 0 Å². The Morgan fingerprint density at radius 2 is 2.16 bits per heavy atom. The van der Waals surface area contributed by atoms with Crippen molar-refractivity contribution in [2.75, 3.05) is 29.9 Å². The minimum atomic E-state index is 0.436. The Balaban J connectivity index is 1.99. The first-order valence-electron chi connectivity index (χ1n) is 7.26. The zero-order chi connectivity index (χ0) is 13.7. The van der Waals surface area contributed by atoms with Crippen molar-refractivity contribution in [3.63, 3.8) is 0 Å². The van der Waals surface area contributed by atoms with Crippen molar-refractivity contribution >= 4 is 11.6 Å². The van der Waals surface area contributed by atoms with Crippen LogP contribution in [-0.4, -0.2) is 35.6 Å². The summed E-state index contributed by atoms with van der Waals surface area (Å²) in [7, 11) is 0. The first-order chi connectivity index (χ1) is 9.22. The van der Waals surface area contributed by atoms with E-state index in [-0.39, 0.29) is 0 Å². The Hall–Kier alpha value is -1.36. The molecule has 0 aromatic carbocycles. The van der Waals surface area contributed by atoms with Gasteiger partial charge in [-0.3, -0.25) is 0 Å². The van der Waals surface area contributed by atoms with E-state index in [1.54, 1.807) is 6.33 Å². The predicted molar refractivity (Wildman–Crippen MR) is 79.4 cm³/mol. The molecule has 2 heterocycles. The fourth-order valence-corrected chi connectivity index (χ4v) is 2.35. The van der Waals surface area contributed by atoms with Crippen LogP contribution in [0, 0.1) is 5.92 Å². The van der Waals surface area contributed by atoms with Gasteiger partial charge >= 0.3 is 0 Å². The summed E-state index contributed by atoms with van der Waals surface area (Å²) >= 11 is 0. The van der Waals surface area contributed by atoms with Gasteiger partial charge in [0, 0.05) is 25.2 Å². The van der Waals surface area contributed by atoms with Crippen LogP contribution >= 0.6 is 0 Å². The van der Waals surface area contributed by atoms with Crippen LogP contribution in [0.5, 0.6) is 0 Å². The van der Waals surface area contributed by atoms with Crippen LogP contribution in [0.2, 0.25) is 0 Å². The van der Waals surface area contributed by atoms with Crippen LogP contribution in [0.1, 0.15) is 33.1 Å². The Labute approximate surface area is 115 Å². The molecule has 5 heteroatoms. The molecule has 106 valence electrons. The molecular formula is C14H25N5. The summed E-state index contributed by atoms with van der Waals surface area (Å²) in [5, 5.41) is 3.39. The lowest BCUT2D eigenvalue weighted by Crippen LogP contribution is -2.36. The number of aromatic nitrogens is 2. The number of rotatable bonds is 5. The van der Waals surface area contributed by atoms with Crippen LogP contribution in [0.4, 0.5) is 11.6 Å². The average molecular weight is 263 g/mol. The second-order valence-corrected chi connectivity index (χ2v) is 5.38. The topological polar surface area (TPSA) is 67.1 Å². The number of hydrogen-bond acceptors (Lipinski definition) is 5. The Morgan fingerprint density at radius 1 is 1.42 bits per heavy atom. The Morgan fingerprint density at radius 3 is 2.79 bits per heavy atom. The standard InChI is InChI=1S/C14H25N5/c1-3-11(2)18-13-8-14(17-10-16-13)19-6-4-12(9-15)5-7-19/h8,10-12H,3-7,9,15H2,1-2H3,(H,16,17,18). The second kappa shape index (κ2) is 6.70. The molecule has 1 atom stereocenters. The van der Waals surface area contributed by atoms with Crippen LogP contribution in [0.15, 0.2) is 12.4 Å². The summed E-state index contributed by atoms with van der Waals surface area (Å²) in [6.45, 7) is 7.22. The molecular weight excluding hydrogens is 238 g/mol. The smallest absolute Gasteiger partial charge is 0.134 e. The number of piperidine rings is 1. The van der Waals surface area contributed by atoms with Gasteiger partial charge in [0.2, 0.25) is 0 Å². The predicted octanol–water partition coefficient (Wildman–Crippen LogP) is 1.86. The van der Waals surface area contributed by atoms with Crippen molar-refractivity contribution in [1.29, 1.82) is 0 Å². The lowest BCUT2D eigenvalue weighted by atomic mass is 9.97. The van der Waals surface area contributed by atoms with E-state index >= 15 is 0 Å². The monoisotopic (exact) mass is 263 g/mol. The van der Waals surface area contributed by atoms with Crippen molar-refractivity contribution in [2.24, 2.45) is 11.7 Å². The van der Waals surface area contributed by atoms with Crippen molar-refractivity contribution < 1.29 is 0 Å². The number of anilines is 2. The number of nitrogens with one attached hydrogen (secondary N) is 1. The highest BCUT2D eigenvalue weighted by molar-refractivity contribution is 5.49. The van der Waals surface area contributed by atoms with E-state index in [0.717, 1.165) is 50.5 Å². The van der Waals surface area contributed by atoms with Gasteiger partial charge in [-0.1, -0.05) is 6.92 Å². The van der Waals surface area contributed by atoms with Gasteiger partial charge in [-0.2, -0.15) is 0 Å². The molecule has 0 radical (unpaired) electrons. The second-order valence-electron chi connectivity index (χ2n) is 5.38. The lowest BCUT2D eigenvalue weighted by molar-refractivity contribution is 0.413. The van der Waals surface area contributed by atoms with Gasteiger partial charge in [0.25, 0.3) is 0 Å². The van der Waals surface area contributed by atoms with E-state index in [9.17, 15) is 0 Å². The largest absolute Gasteiger partial charge is 0.367 e. The van der Waals surface area contributed by atoms with Crippen molar-refractivity contribution in [3.05, 3.63) is 12.4 Å². The summed E-state index contributed by atoms with van der Waals surface area (Å²) in [5.41, 5.74) is 5.73. The molecule has 1 aliphatic rings. The zero-order valence-corrected chi connectivity index (χ0v) is 12.0. The number of nitrogens with zero attached hydrogens (tertiary/aromatic N) is 3. The summed E-state index contributed by atoms with van der Waals surface area (Å²) in [6, 6.07) is 2.49. The fourth-order valence-electron chi connectivity index (χ4n) is 2.35. The van der Waals surface area contributed by atoms with Gasteiger partial charge in [-0.05, 0) is 38.6 Å². The molecule has 1 fully saturated rings. The molecule has 1 aliphatic heterocycles. The summed E-state index contributed by atoms with van der Waals surface area (Å²) < 4.78 is 0. The zero-order valence-electron chi connectivity index (χ0n) is 12.0. The SMILES string of the molecule is CCC(C)Nc1cc(N2CCC(CN)CC2)ncn1. The van der Waals surface area contributed by atoms with Gasteiger partial charge in [0.1, 0.15) is 18.0 Å². The molecule has 5 nitrogen and oxygen atoms in total. The molecule has 0 saturated carbocycles. The fraction of sp³-hybridized carbons (Fsp3) is 0.714. The van der Waals surface area contributed by atoms with E-state index < -0.39 is 0 Å². The van der Waals surface area contributed by atoms with Gasteiger partial charge in [-0.15, -0.1) is 0 Å². The van der Waals surface area contributed by atoms with Crippen LogP contribution in [-0.2, 0) is 0 Å². The summed E-state index contributed by atoms with van der Waals surface area (Å²) in [6.07, 6.45) is 5.06. The Kier molecular flexibility index (Phi) is 4.96. The van der Waals surface area contributed by atoms with E-state index in [0.29, 0.717) is 12.0 Å². The van der Waals surface area contributed by atoms with Crippen molar-refractivity contribution in [2.45, 2.75) is 39.2 Å². The maximum absolute atomic E-state index is 5.73. The maximum atomic E-state index is 5.73. The normalized spacial score (nSPS) is 18.4. The average Bonchev–Trinajstić information content (AvgIpc) is 2.47. The molecule has 1 aromatic heterocycles. The molecule has 0 aliphatic carbocycles. The molecule has 19 heavy (non-hydrogen) atoms. The number of nitrogens with two attached hydrogens (primary N) is 1. The lowest BCUT2D eigenvalue weighted by Gasteiger charge is -2.32. The third kappa shape index (κ3) is 3.80. The molecule has 1 saturated heterocycles. The molecule has 1 unspecified atom stereocenters. The van der Waals surface area contributed by atoms with Crippen LogP contribution in [0.25, 0.3) is 0 Å². The number of hydrogen-bond donors (Lipinski definition) is 2. The molecule has 0 amide bonds. The molecule has 0 spiro atoms. The third-order valence-electron chi connectivity index (χ3n) is 3.93. The molecule has 3 N–H and O–H groups in total. The Bertz CT molecular complexity index is 387. The van der Waals surface area contributed by atoms with E-state index in [1.807, 2.05) is 0 Å². The third-order valence-corrected chi connectivity index (χ3v) is 3.93. The maximum Gasteiger partial charge on any atom is 0.134 e. The highest BCUT2D eigenvalue weighted by Crippen LogP contribution is 2.22. The van der Waals surface area contributed by atoms with E-state index in [1.165, 1.54) is 0 Å². The van der Waals surface area contributed by atoms with Crippen LogP contribution in [0.3, 0.4) is 0 Å². The van der Waals surface area contributed by atoms with Crippen molar-refractivity contribution in [3.8, 4) is 0 Å². The van der Waals surface area contributed by atoms with Crippen molar-refractivity contribution in [1.82, 2.24) is 9.97 Å². The minimum Gasteiger partial charge on any atom is -0.367 e. The molecule has 0 bridgehead atoms. The van der Waals surface area contributed by atoms with E-state index in [4.69, 9.17) is 5.73 Å². The summed E-state index contributed by atoms with van der Waals surface area (Å²) in [4.78, 5) is 11.0.